The lowest BCUT2D eigenvalue weighted by Crippen LogP contribution is -2.44. The van der Waals surface area contributed by atoms with Crippen molar-refractivity contribution in [2.45, 2.75) is 70.6 Å². The van der Waals surface area contributed by atoms with Crippen molar-refractivity contribution < 1.29 is 24.2 Å². The second-order valence-electron chi connectivity index (χ2n) is 8.25. The fourth-order valence-corrected chi connectivity index (χ4v) is 3.72. The van der Waals surface area contributed by atoms with E-state index in [9.17, 15) is 14.7 Å². The molecule has 0 aliphatic carbocycles. The number of hydrogen-bond donors (Lipinski definition) is 1. The van der Waals surface area contributed by atoms with E-state index >= 15 is 0 Å². The molecule has 1 aromatic heterocycles. The third-order valence-corrected chi connectivity index (χ3v) is 5.00. The molecule has 8 heteroatoms. The highest BCUT2D eigenvalue weighted by Crippen LogP contribution is 2.32. The molecular formula is C19H29N3O5. The minimum Gasteiger partial charge on any atom is -0.478 e. The van der Waals surface area contributed by atoms with Crippen LogP contribution in [0.4, 0.5) is 4.79 Å². The number of carboxylic acids is 1. The number of nitrogens with zero attached hydrogens (tertiary/aromatic N) is 3. The van der Waals surface area contributed by atoms with Gasteiger partial charge in [-0.2, -0.15) is 5.10 Å². The smallest absolute Gasteiger partial charge is 0.411 e. The minimum absolute atomic E-state index is 0.0738. The van der Waals surface area contributed by atoms with Crippen LogP contribution in [-0.4, -0.2) is 57.2 Å². The van der Waals surface area contributed by atoms with Crippen molar-refractivity contribution in [3.8, 4) is 0 Å². The van der Waals surface area contributed by atoms with Gasteiger partial charge in [-0.25, -0.2) is 14.3 Å². The van der Waals surface area contributed by atoms with Gasteiger partial charge >= 0.3 is 12.1 Å². The zero-order valence-electron chi connectivity index (χ0n) is 16.3. The Kier molecular flexibility index (Phi) is 5.74. The molecule has 27 heavy (non-hydrogen) atoms. The summed E-state index contributed by atoms with van der Waals surface area (Å²) >= 11 is 0. The summed E-state index contributed by atoms with van der Waals surface area (Å²) < 4.78 is 12.6. The Morgan fingerprint density at radius 2 is 1.93 bits per heavy atom. The Morgan fingerprint density at radius 1 is 1.22 bits per heavy atom. The van der Waals surface area contributed by atoms with Gasteiger partial charge in [-0.05, 0) is 52.9 Å². The van der Waals surface area contributed by atoms with Crippen LogP contribution in [0.1, 0.15) is 81.0 Å². The van der Waals surface area contributed by atoms with Crippen molar-refractivity contribution in [1.82, 2.24) is 14.7 Å². The number of amides is 1. The van der Waals surface area contributed by atoms with Crippen LogP contribution in [0.2, 0.25) is 0 Å². The molecule has 1 amide bonds. The van der Waals surface area contributed by atoms with Gasteiger partial charge in [0.05, 0.1) is 5.69 Å². The summed E-state index contributed by atoms with van der Waals surface area (Å²) in [5.41, 5.74) is 0.236. The molecule has 0 aromatic carbocycles. The molecule has 3 rings (SSSR count). The fourth-order valence-electron chi connectivity index (χ4n) is 3.72. The van der Waals surface area contributed by atoms with Crippen LogP contribution >= 0.6 is 0 Å². The van der Waals surface area contributed by atoms with E-state index in [1.807, 2.05) is 20.8 Å². The number of aromatic carboxylic acids is 1. The van der Waals surface area contributed by atoms with E-state index in [0.29, 0.717) is 25.5 Å². The summed E-state index contributed by atoms with van der Waals surface area (Å²) in [4.78, 5) is 26.1. The first-order chi connectivity index (χ1) is 12.8. The molecule has 2 fully saturated rings. The molecule has 0 saturated carbocycles. The Bertz CT molecular complexity index is 688. The Balaban J connectivity index is 1.88. The van der Waals surface area contributed by atoms with Crippen molar-refractivity contribution in [3.63, 3.8) is 0 Å². The quantitative estimate of drug-likeness (QED) is 0.865. The maximum absolute atomic E-state index is 12.7. The van der Waals surface area contributed by atoms with E-state index in [-0.39, 0.29) is 23.7 Å². The largest absolute Gasteiger partial charge is 0.478 e. The number of carboxylic acid groups (broad SMARTS) is 1. The number of piperidine rings is 1. The number of hydrogen-bond acceptors (Lipinski definition) is 5. The molecule has 0 radical (unpaired) electrons. The molecule has 0 unspecified atom stereocenters. The lowest BCUT2D eigenvalue weighted by molar-refractivity contribution is -0.00359. The first kappa shape index (κ1) is 19.7. The summed E-state index contributed by atoms with van der Waals surface area (Å²) in [6.07, 6.45) is 4.98. The van der Waals surface area contributed by atoms with Gasteiger partial charge in [0.25, 0.3) is 0 Å². The SMILES string of the molecule is CC(C)(C)OC(=O)N1CCCC[C@H]1n1cc(C(=O)O)c(C2CCOCC2)n1. The lowest BCUT2D eigenvalue weighted by Gasteiger charge is -2.36. The molecule has 2 saturated heterocycles. The maximum atomic E-state index is 12.7. The predicted octanol–water partition coefficient (Wildman–Crippen LogP) is 3.39. The predicted molar refractivity (Wildman–Crippen MR) is 97.8 cm³/mol. The second-order valence-corrected chi connectivity index (χ2v) is 8.25. The Hall–Kier alpha value is -2.09. The summed E-state index contributed by atoms with van der Waals surface area (Å²) in [6.45, 7) is 7.32. The average molecular weight is 379 g/mol. The van der Waals surface area contributed by atoms with Crippen molar-refractivity contribution in [2.24, 2.45) is 0 Å². The molecule has 1 atom stereocenters. The molecule has 1 N–H and O–H groups in total. The fraction of sp³-hybridized carbons (Fsp3) is 0.737. The number of likely N-dealkylation sites (tertiary alicyclic amines) is 1. The average Bonchev–Trinajstić information content (AvgIpc) is 3.06. The van der Waals surface area contributed by atoms with Crippen LogP contribution < -0.4 is 0 Å². The van der Waals surface area contributed by atoms with Gasteiger partial charge in [-0.15, -0.1) is 0 Å². The molecule has 2 aliphatic rings. The molecular weight excluding hydrogens is 350 g/mol. The van der Waals surface area contributed by atoms with Crippen molar-refractivity contribution in [3.05, 3.63) is 17.5 Å². The molecule has 0 spiro atoms. The van der Waals surface area contributed by atoms with Gasteiger partial charge in [-0.1, -0.05) is 0 Å². The van der Waals surface area contributed by atoms with Crippen molar-refractivity contribution in [2.75, 3.05) is 19.8 Å². The van der Waals surface area contributed by atoms with Crippen molar-refractivity contribution in [1.29, 1.82) is 0 Å². The lowest BCUT2D eigenvalue weighted by atomic mass is 9.94. The van der Waals surface area contributed by atoms with Crippen LogP contribution in [0.25, 0.3) is 0 Å². The molecule has 2 aliphatic heterocycles. The molecule has 1 aromatic rings. The number of carbonyl (C=O) groups is 2. The van der Waals surface area contributed by atoms with E-state index in [1.54, 1.807) is 15.8 Å². The summed E-state index contributed by atoms with van der Waals surface area (Å²) in [5, 5.41) is 14.3. The standard InChI is InChI=1S/C19H29N3O5/c1-19(2,3)27-18(25)21-9-5-4-6-15(21)22-12-14(17(23)24)16(20-22)13-7-10-26-11-8-13/h12-13,15H,4-11H2,1-3H3,(H,23,24)/t15-/m1/s1. The van der Waals surface area contributed by atoms with E-state index in [1.165, 1.54) is 0 Å². The van der Waals surface area contributed by atoms with Crippen LogP contribution in [0, 0.1) is 0 Å². The zero-order valence-corrected chi connectivity index (χ0v) is 16.3. The van der Waals surface area contributed by atoms with Gasteiger partial charge < -0.3 is 14.6 Å². The monoisotopic (exact) mass is 379 g/mol. The summed E-state index contributed by atoms with van der Waals surface area (Å²) in [6, 6.07) is 0. The van der Waals surface area contributed by atoms with Gasteiger partial charge in [0.15, 0.2) is 0 Å². The minimum atomic E-state index is -0.984. The van der Waals surface area contributed by atoms with Crippen LogP contribution in [0.15, 0.2) is 6.20 Å². The summed E-state index contributed by atoms with van der Waals surface area (Å²) in [7, 11) is 0. The summed E-state index contributed by atoms with van der Waals surface area (Å²) in [5.74, 6) is -0.910. The highest BCUT2D eigenvalue weighted by Gasteiger charge is 2.34. The van der Waals surface area contributed by atoms with Gasteiger partial charge in [-0.3, -0.25) is 4.90 Å². The highest BCUT2D eigenvalue weighted by molar-refractivity contribution is 5.88. The number of aromatic nitrogens is 2. The second kappa shape index (κ2) is 7.88. The number of carbonyl (C=O) groups excluding carboxylic acids is 1. The van der Waals surface area contributed by atoms with Crippen LogP contribution in [0.3, 0.4) is 0 Å². The first-order valence-corrected chi connectivity index (χ1v) is 9.66. The zero-order chi connectivity index (χ0) is 19.6. The topological polar surface area (TPSA) is 93.9 Å². The van der Waals surface area contributed by atoms with E-state index in [4.69, 9.17) is 9.47 Å². The molecule has 0 bridgehead atoms. The maximum Gasteiger partial charge on any atom is 0.411 e. The third-order valence-electron chi connectivity index (χ3n) is 5.00. The van der Waals surface area contributed by atoms with Crippen LogP contribution in [0.5, 0.6) is 0 Å². The van der Waals surface area contributed by atoms with Gasteiger partial charge in [0.2, 0.25) is 0 Å². The van der Waals surface area contributed by atoms with Crippen LogP contribution in [-0.2, 0) is 9.47 Å². The van der Waals surface area contributed by atoms with E-state index in [2.05, 4.69) is 5.10 Å². The Morgan fingerprint density at radius 3 is 2.56 bits per heavy atom. The first-order valence-electron chi connectivity index (χ1n) is 9.66. The van der Waals surface area contributed by atoms with Gasteiger partial charge in [0, 0.05) is 31.9 Å². The van der Waals surface area contributed by atoms with E-state index in [0.717, 1.165) is 32.1 Å². The normalized spacial score (nSPS) is 21.9. The molecule has 3 heterocycles. The van der Waals surface area contributed by atoms with E-state index < -0.39 is 11.6 Å². The highest BCUT2D eigenvalue weighted by atomic mass is 16.6. The number of rotatable bonds is 3. The molecule has 150 valence electrons. The van der Waals surface area contributed by atoms with Gasteiger partial charge in [0.1, 0.15) is 17.3 Å². The number of ether oxygens (including phenoxy) is 2. The molecule has 8 nitrogen and oxygen atoms in total. The Labute approximate surface area is 159 Å². The van der Waals surface area contributed by atoms with Crippen molar-refractivity contribution >= 4 is 12.1 Å². The third kappa shape index (κ3) is 4.61.